The largest absolute Gasteiger partial charge is 0.186 e. The van der Waals surface area contributed by atoms with Gasteiger partial charge in [-0.25, -0.2) is 0 Å². The van der Waals surface area contributed by atoms with Crippen LogP contribution in [0.3, 0.4) is 0 Å². The van der Waals surface area contributed by atoms with Gasteiger partial charge in [-0.15, -0.1) is 0 Å². The van der Waals surface area contributed by atoms with Crippen molar-refractivity contribution in [2.75, 3.05) is 11.5 Å². The van der Waals surface area contributed by atoms with Crippen molar-refractivity contribution >= 4 is 36.9 Å². The van der Waals surface area contributed by atoms with E-state index in [1.165, 1.54) is 11.5 Å². The second-order valence-corrected chi connectivity index (χ2v) is 23.1. The van der Waals surface area contributed by atoms with Crippen molar-refractivity contribution in [1.29, 1.82) is 0 Å². The van der Waals surface area contributed by atoms with Gasteiger partial charge in [-0.3, -0.25) is 0 Å². The van der Waals surface area contributed by atoms with E-state index in [9.17, 15) is 0 Å². The van der Waals surface area contributed by atoms with E-state index in [0.29, 0.717) is 0 Å². The van der Waals surface area contributed by atoms with E-state index in [1.54, 1.807) is 5.67 Å². The summed E-state index contributed by atoms with van der Waals surface area (Å²) in [6.45, 7) is 14.7. The molecular formula is C9H24S2Si2. The molecule has 0 aromatic carbocycles. The summed E-state index contributed by atoms with van der Waals surface area (Å²) in [7, 11) is -1.84. The Morgan fingerprint density at radius 1 is 0.769 bits per heavy atom. The fraction of sp³-hybridized carbons (Fsp3) is 1.00. The Labute approximate surface area is 94.0 Å². The first-order valence-corrected chi connectivity index (χ1v) is 14.9. The van der Waals surface area contributed by atoms with Crippen LogP contribution in [0, 0.1) is 0 Å². The monoisotopic (exact) mass is 252 g/mol. The molecule has 0 unspecified atom stereocenters. The minimum Gasteiger partial charge on any atom is -0.186 e. The summed E-state index contributed by atoms with van der Waals surface area (Å²) in [5, 5.41) is 0. The molecule has 0 bridgehead atoms. The van der Waals surface area contributed by atoms with Crippen molar-refractivity contribution in [3.63, 3.8) is 0 Å². The molecular weight excluding hydrogens is 228 g/mol. The third-order valence-electron chi connectivity index (χ3n) is 1.92. The van der Waals surface area contributed by atoms with E-state index in [1.807, 2.05) is 0 Å². The molecule has 0 nitrogen and oxygen atoms in total. The highest BCUT2D eigenvalue weighted by Gasteiger charge is 2.32. The third kappa shape index (κ3) is 7.11. The Morgan fingerprint density at radius 2 is 1.08 bits per heavy atom. The van der Waals surface area contributed by atoms with Gasteiger partial charge in [-0.1, -0.05) is 40.0 Å². The second-order valence-electron chi connectivity index (χ2n) is 4.56. The molecule has 4 heteroatoms. The van der Waals surface area contributed by atoms with E-state index >= 15 is 0 Å². The van der Waals surface area contributed by atoms with Crippen LogP contribution < -0.4 is 0 Å². The second kappa shape index (κ2) is 5.88. The molecule has 0 aliphatic rings. The highest BCUT2D eigenvalue weighted by Crippen LogP contribution is 2.34. The van der Waals surface area contributed by atoms with Crippen LogP contribution in [0.15, 0.2) is 0 Å². The molecule has 0 aromatic rings. The van der Waals surface area contributed by atoms with Gasteiger partial charge >= 0.3 is 0 Å². The van der Waals surface area contributed by atoms with Gasteiger partial charge in [0.05, 0.1) is 0 Å². The molecule has 0 radical (unpaired) electrons. The summed E-state index contributed by atoms with van der Waals surface area (Å²) in [4.78, 5) is 0. The van der Waals surface area contributed by atoms with Gasteiger partial charge in [0.15, 0.2) is 0 Å². The van der Waals surface area contributed by atoms with Gasteiger partial charge in [0.1, 0.15) is 14.4 Å². The lowest BCUT2D eigenvalue weighted by Gasteiger charge is -2.30. The average Bonchev–Trinajstić information content (AvgIpc) is 1.82. The molecule has 0 saturated heterocycles. The summed E-state index contributed by atoms with van der Waals surface area (Å²) in [5.74, 6) is 2.61. The van der Waals surface area contributed by atoms with Crippen LogP contribution in [0.25, 0.3) is 0 Å². The van der Waals surface area contributed by atoms with Crippen LogP contribution in [-0.2, 0) is 0 Å². The molecule has 0 saturated carbocycles. The fourth-order valence-corrected chi connectivity index (χ4v) is 26.3. The van der Waals surface area contributed by atoms with Crippen LogP contribution in [-0.4, -0.2) is 26.0 Å². The predicted octanol–water partition coefficient (Wildman–Crippen LogP) is 4.44. The number of hydrogen-bond donors (Lipinski definition) is 0. The van der Waals surface area contributed by atoms with Gasteiger partial charge in [0.2, 0.25) is 0 Å². The summed E-state index contributed by atoms with van der Waals surface area (Å²) in [6.07, 6.45) is 0. The van der Waals surface area contributed by atoms with Crippen molar-refractivity contribution in [2.24, 2.45) is 0 Å². The zero-order valence-corrected chi connectivity index (χ0v) is 13.6. The van der Waals surface area contributed by atoms with Gasteiger partial charge in [0, 0.05) is 0 Å². The van der Waals surface area contributed by atoms with E-state index in [2.05, 4.69) is 62.5 Å². The van der Waals surface area contributed by atoms with Crippen LogP contribution in [0.5, 0.6) is 0 Å². The Hall–Kier alpha value is 1.13. The maximum absolute atomic E-state index is 2.53. The zero-order chi connectivity index (χ0) is 10.5. The van der Waals surface area contributed by atoms with Gasteiger partial charge in [-0.2, -0.15) is 22.4 Å². The minimum absolute atomic E-state index is 0.918. The van der Waals surface area contributed by atoms with Crippen molar-refractivity contribution in [1.82, 2.24) is 0 Å². The fourth-order valence-electron chi connectivity index (χ4n) is 1.91. The van der Waals surface area contributed by atoms with Crippen LogP contribution >= 0.6 is 22.4 Å². The van der Waals surface area contributed by atoms with Crippen molar-refractivity contribution in [3.05, 3.63) is 0 Å². The quantitative estimate of drug-likeness (QED) is 0.641. The average molecular weight is 253 g/mol. The molecule has 0 amide bonds. The summed E-state index contributed by atoms with van der Waals surface area (Å²) in [5.41, 5.74) is 1.57. The van der Waals surface area contributed by atoms with E-state index in [0.717, 1.165) is 0 Å². The number of rotatable bonds is 6. The molecule has 0 heterocycles. The smallest absolute Gasteiger partial charge is 0.109 e. The molecule has 0 atom stereocenters. The van der Waals surface area contributed by atoms with Crippen molar-refractivity contribution in [3.8, 4) is 0 Å². The van der Waals surface area contributed by atoms with Gasteiger partial charge in [-0.05, 0) is 17.2 Å². The molecule has 0 aliphatic carbocycles. The van der Waals surface area contributed by atoms with E-state index < -0.39 is 14.4 Å². The lowest BCUT2D eigenvalue weighted by Crippen LogP contribution is -2.35. The Kier molecular flexibility index (Phi) is 6.39. The lowest BCUT2D eigenvalue weighted by molar-refractivity contribution is 1.52. The maximum Gasteiger partial charge on any atom is 0.109 e. The first-order chi connectivity index (χ1) is 5.83. The highest BCUT2D eigenvalue weighted by molar-refractivity contribution is 8.32. The molecule has 13 heavy (non-hydrogen) atoms. The standard InChI is InChI=1S/C9H24S2Si2/c1-7-10-12(3,4)9-13(5,6)11-8-2/h7-9H2,1-6H3. The molecule has 0 rings (SSSR count). The number of hydrogen-bond acceptors (Lipinski definition) is 2. The Balaban J connectivity index is 4.07. The maximum atomic E-state index is 2.53. The van der Waals surface area contributed by atoms with E-state index in [4.69, 9.17) is 0 Å². The zero-order valence-electron chi connectivity index (χ0n) is 9.94. The topological polar surface area (TPSA) is 0 Å². The third-order valence-corrected chi connectivity index (χ3v) is 19.9. The molecule has 80 valence electrons. The van der Waals surface area contributed by atoms with E-state index in [-0.39, 0.29) is 0 Å². The molecule has 0 aromatic heterocycles. The SMILES string of the molecule is CCS[Si](C)(C)C[Si](C)(C)SCC. The van der Waals surface area contributed by atoms with Crippen LogP contribution in [0.2, 0.25) is 31.9 Å². The Morgan fingerprint density at radius 3 is 1.31 bits per heavy atom. The van der Waals surface area contributed by atoms with Gasteiger partial charge < -0.3 is 0 Å². The lowest BCUT2D eigenvalue weighted by atomic mass is 11.0. The van der Waals surface area contributed by atoms with Crippen molar-refractivity contribution < 1.29 is 0 Å². The summed E-state index contributed by atoms with van der Waals surface area (Å²) < 4.78 is 0. The molecule has 0 aliphatic heterocycles. The highest BCUT2D eigenvalue weighted by atomic mass is 32.4. The molecule has 0 fully saturated rings. The van der Waals surface area contributed by atoms with Crippen LogP contribution in [0.4, 0.5) is 0 Å². The summed E-state index contributed by atoms with van der Waals surface area (Å²) in [6, 6.07) is 0. The first kappa shape index (κ1) is 14.1. The van der Waals surface area contributed by atoms with Crippen LogP contribution in [0.1, 0.15) is 13.8 Å². The first-order valence-electron chi connectivity index (χ1n) is 5.11. The van der Waals surface area contributed by atoms with Crippen molar-refractivity contribution in [2.45, 2.75) is 45.7 Å². The molecule has 0 N–H and O–H groups in total. The Bertz CT molecular complexity index is 131. The normalized spacial score (nSPS) is 13.4. The van der Waals surface area contributed by atoms with Gasteiger partial charge in [0.25, 0.3) is 0 Å². The molecule has 0 spiro atoms. The predicted molar refractivity (Wildman–Crippen MR) is 76.0 cm³/mol. The minimum atomic E-state index is -0.918. The summed E-state index contributed by atoms with van der Waals surface area (Å²) >= 11 is 4.49.